The molecule has 0 spiro atoms. The van der Waals surface area contributed by atoms with Crippen LogP contribution in [0.4, 0.5) is 0 Å². The van der Waals surface area contributed by atoms with Gasteiger partial charge in [-0.15, -0.1) is 0 Å². The van der Waals surface area contributed by atoms with E-state index in [1.165, 1.54) is 24.9 Å². The van der Waals surface area contributed by atoms with Crippen molar-refractivity contribution in [2.24, 2.45) is 0 Å². The summed E-state index contributed by atoms with van der Waals surface area (Å²) in [5.41, 5.74) is 1.32. The number of hydrogen-bond donors (Lipinski definition) is 1. The Kier molecular flexibility index (Phi) is 2.73. The van der Waals surface area contributed by atoms with Gasteiger partial charge in [0.15, 0.2) is 0 Å². The molecule has 0 bridgehead atoms. The topological polar surface area (TPSA) is 23.5 Å². The summed E-state index contributed by atoms with van der Waals surface area (Å²) in [6.07, 6.45) is 3.73. The Bertz CT molecular complexity index is 294. The Morgan fingerprint density at radius 3 is 2.64 bits per heavy atom. The highest BCUT2D eigenvalue weighted by Crippen LogP contribution is 2.20. The normalized spacial score (nSPS) is 22.8. The standard InChI is InChI=1S/C12H17NO/c1-13-8-2-3-11(13)9-10-4-6-12(14)7-5-10/h4-7,11,14H,2-3,8-9H2,1H3. The Labute approximate surface area is 85.2 Å². The van der Waals surface area contributed by atoms with Gasteiger partial charge in [-0.05, 0) is 50.6 Å². The van der Waals surface area contributed by atoms with Gasteiger partial charge in [0.1, 0.15) is 5.75 Å². The van der Waals surface area contributed by atoms with Crippen LogP contribution < -0.4 is 0 Å². The second-order valence-electron chi connectivity index (χ2n) is 4.15. The number of rotatable bonds is 2. The SMILES string of the molecule is CN1CCCC1Cc1ccc(O)cc1. The molecule has 1 unspecified atom stereocenters. The molecule has 0 aliphatic carbocycles. The monoisotopic (exact) mass is 191 g/mol. The molecule has 76 valence electrons. The van der Waals surface area contributed by atoms with Gasteiger partial charge in [0, 0.05) is 6.04 Å². The number of phenolic OH excluding ortho intramolecular Hbond substituents is 1. The molecule has 1 N–H and O–H groups in total. The molecule has 0 aromatic heterocycles. The maximum absolute atomic E-state index is 9.16. The Morgan fingerprint density at radius 1 is 1.36 bits per heavy atom. The molecule has 1 aromatic carbocycles. The van der Waals surface area contributed by atoms with E-state index in [9.17, 15) is 0 Å². The van der Waals surface area contributed by atoms with E-state index >= 15 is 0 Å². The van der Waals surface area contributed by atoms with E-state index in [-0.39, 0.29) is 0 Å². The predicted octanol–water partition coefficient (Wildman–Crippen LogP) is 2.03. The molecule has 1 atom stereocenters. The van der Waals surface area contributed by atoms with Crippen LogP contribution in [0.1, 0.15) is 18.4 Å². The van der Waals surface area contributed by atoms with Gasteiger partial charge in [-0.3, -0.25) is 0 Å². The van der Waals surface area contributed by atoms with E-state index in [1.54, 1.807) is 12.1 Å². The zero-order valence-electron chi connectivity index (χ0n) is 8.61. The number of nitrogens with zero attached hydrogens (tertiary/aromatic N) is 1. The van der Waals surface area contributed by atoms with Crippen LogP contribution >= 0.6 is 0 Å². The smallest absolute Gasteiger partial charge is 0.115 e. The average Bonchev–Trinajstić information content (AvgIpc) is 2.56. The highest BCUT2D eigenvalue weighted by atomic mass is 16.3. The van der Waals surface area contributed by atoms with Gasteiger partial charge in [0.2, 0.25) is 0 Å². The third-order valence-corrected chi connectivity index (χ3v) is 3.08. The zero-order valence-corrected chi connectivity index (χ0v) is 8.61. The van der Waals surface area contributed by atoms with Gasteiger partial charge in [0.25, 0.3) is 0 Å². The van der Waals surface area contributed by atoms with E-state index in [0.717, 1.165) is 6.42 Å². The first-order valence-electron chi connectivity index (χ1n) is 5.24. The molecule has 1 fully saturated rings. The van der Waals surface area contributed by atoms with E-state index in [1.807, 2.05) is 12.1 Å². The van der Waals surface area contributed by atoms with Crippen LogP contribution in [0.25, 0.3) is 0 Å². The quantitative estimate of drug-likeness (QED) is 0.773. The summed E-state index contributed by atoms with van der Waals surface area (Å²) in [7, 11) is 2.19. The van der Waals surface area contributed by atoms with E-state index in [0.29, 0.717) is 11.8 Å². The summed E-state index contributed by atoms with van der Waals surface area (Å²) < 4.78 is 0. The second-order valence-corrected chi connectivity index (χ2v) is 4.15. The highest BCUT2D eigenvalue weighted by Gasteiger charge is 2.20. The number of benzene rings is 1. The van der Waals surface area contributed by atoms with E-state index < -0.39 is 0 Å². The Morgan fingerprint density at radius 2 is 2.07 bits per heavy atom. The molecule has 2 heteroatoms. The third kappa shape index (κ3) is 2.07. The molecule has 14 heavy (non-hydrogen) atoms. The summed E-state index contributed by atoms with van der Waals surface area (Å²) in [4.78, 5) is 2.42. The molecule has 0 saturated carbocycles. The molecule has 2 rings (SSSR count). The molecule has 2 nitrogen and oxygen atoms in total. The number of aromatic hydroxyl groups is 1. The first-order chi connectivity index (χ1) is 6.75. The van der Waals surface area contributed by atoms with Crippen LogP contribution in [0.15, 0.2) is 24.3 Å². The minimum atomic E-state index is 0.355. The Hall–Kier alpha value is -1.02. The first-order valence-corrected chi connectivity index (χ1v) is 5.24. The molecular formula is C12H17NO. The van der Waals surface area contributed by atoms with Crippen molar-refractivity contribution in [3.8, 4) is 5.75 Å². The number of likely N-dealkylation sites (N-methyl/N-ethyl adjacent to an activating group) is 1. The minimum absolute atomic E-state index is 0.355. The van der Waals surface area contributed by atoms with Crippen molar-refractivity contribution in [3.63, 3.8) is 0 Å². The fourth-order valence-electron chi connectivity index (χ4n) is 2.14. The van der Waals surface area contributed by atoms with E-state index in [2.05, 4.69) is 11.9 Å². The summed E-state index contributed by atoms with van der Waals surface area (Å²) >= 11 is 0. The van der Waals surface area contributed by atoms with Crippen molar-refractivity contribution in [2.45, 2.75) is 25.3 Å². The molecule has 0 amide bonds. The van der Waals surface area contributed by atoms with Crippen LogP contribution in [0.2, 0.25) is 0 Å². The van der Waals surface area contributed by atoms with Crippen molar-refractivity contribution in [1.29, 1.82) is 0 Å². The van der Waals surface area contributed by atoms with Crippen molar-refractivity contribution in [3.05, 3.63) is 29.8 Å². The fourth-order valence-corrected chi connectivity index (χ4v) is 2.14. The summed E-state index contributed by atoms with van der Waals surface area (Å²) in [5.74, 6) is 0.355. The molecular weight excluding hydrogens is 174 g/mol. The molecule has 1 aliphatic heterocycles. The maximum atomic E-state index is 9.16. The number of hydrogen-bond acceptors (Lipinski definition) is 2. The predicted molar refractivity (Wildman–Crippen MR) is 57.5 cm³/mol. The minimum Gasteiger partial charge on any atom is -0.508 e. The van der Waals surface area contributed by atoms with E-state index in [4.69, 9.17) is 5.11 Å². The van der Waals surface area contributed by atoms with Crippen LogP contribution in [-0.2, 0) is 6.42 Å². The van der Waals surface area contributed by atoms with Crippen molar-refractivity contribution in [1.82, 2.24) is 4.90 Å². The van der Waals surface area contributed by atoms with Crippen molar-refractivity contribution < 1.29 is 5.11 Å². The lowest BCUT2D eigenvalue weighted by Gasteiger charge is -2.19. The lowest BCUT2D eigenvalue weighted by molar-refractivity contribution is 0.309. The number of likely N-dealkylation sites (tertiary alicyclic amines) is 1. The largest absolute Gasteiger partial charge is 0.508 e. The molecule has 1 aromatic rings. The fraction of sp³-hybridized carbons (Fsp3) is 0.500. The van der Waals surface area contributed by atoms with Crippen LogP contribution in [-0.4, -0.2) is 29.6 Å². The van der Waals surface area contributed by atoms with Crippen LogP contribution in [0.5, 0.6) is 5.75 Å². The Balaban J connectivity index is 2.00. The first kappa shape index (κ1) is 9.53. The summed E-state index contributed by atoms with van der Waals surface area (Å²) in [6, 6.07) is 8.26. The lowest BCUT2D eigenvalue weighted by Crippen LogP contribution is -2.26. The zero-order chi connectivity index (χ0) is 9.97. The second kappa shape index (κ2) is 4.01. The van der Waals surface area contributed by atoms with Crippen LogP contribution in [0, 0.1) is 0 Å². The van der Waals surface area contributed by atoms with Gasteiger partial charge in [-0.1, -0.05) is 12.1 Å². The molecule has 1 saturated heterocycles. The van der Waals surface area contributed by atoms with Crippen LogP contribution in [0.3, 0.4) is 0 Å². The summed E-state index contributed by atoms with van der Waals surface area (Å²) in [5, 5.41) is 9.16. The van der Waals surface area contributed by atoms with Gasteiger partial charge >= 0.3 is 0 Å². The van der Waals surface area contributed by atoms with Crippen molar-refractivity contribution in [2.75, 3.05) is 13.6 Å². The highest BCUT2D eigenvalue weighted by molar-refractivity contribution is 5.26. The van der Waals surface area contributed by atoms with Gasteiger partial charge in [-0.25, -0.2) is 0 Å². The summed E-state index contributed by atoms with van der Waals surface area (Å²) in [6.45, 7) is 1.22. The molecule has 0 radical (unpaired) electrons. The van der Waals surface area contributed by atoms with Crippen molar-refractivity contribution >= 4 is 0 Å². The third-order valence-electron chi connectivity index (χ3n) is 3.08. The average molecular weight is 191 g/mol. The maximum Gasteiger partial charge on any atom is 0.115 e. The number of phenols is 1. The van der Waals surface area contributed by atoms with Gasteiger partial charge < -0.3 is 10.0 Å². The van der Waals surface area contributed by atoms with Gasteiger partial charge in [-0.2, -0.15) is 0 Å². The molecule has 1 aliphatic rings. The lowest BCUT2D eigenvalue weighted by atomic mass is 10.0. The van der Waals surface area contributed by atoms with Gasteiger partial charge in [0.05, 0.1) is 0 Å². The molecule has 1 heterocycles.